The first-order chi connectivity index (χ1) is 17.6. The van der Waals surface area contributed by atoms with Gasteiger partial charge < -0.3 is 20.4 Å². The number of nitrogens with zero attached hydrogens (tertiary/aromatic N) is 5. The number of nitrogens with one attached hydrogen (secondary N) is 2. The normalized spacial score (nSPS) is 14.0. The van der Waals surface area contributed by atoms with Crippen LogP contribution in [-0.4, -0.2) is 52.9 Å². The van der Waals surface area contributed by atoms with Gasteiger partial charge in [0.1, 0.15) is 11.6 Å². The Morgan fingerprint density at radius 3 is 2.27 bits per heavy atom. The molecule has 0 saturated carbocycles. The molecule has 0 unspecified atom stereocenters. The summed E-state index contributed by atoms with van der Waals surface area (Å²) in [6, 6.07) is 9.44. The molecular formula is C28H35N7O2. The van der Waals surface area contributed by atoms with Crippen LogP contribution in [0.3, 0.4) is 0 Å². The number of pyridine rings is 1. The van der Waals surface area contributed by atoms with Gasteiger partial charge in [-0.15, -0.1) is 0 Å². The molecular weight excluding hydrogens is 466 g/mol. The molecule has 3 aromatic rings. The predicted molar refractivity (Wildman–Crippen MR) is 147 cm³/mol. The second-order valence-electron chi connectivity index (χ2n) is 10.6. The molecule has 0 spiro atoms. The summed E-state index contributed by atoms with van der Waals surface area (Å²) >= 11 is 0. The first-order valence-corrected chi connectivity index (χ1v) is 12.6. The highest BCUT2D eigenvalue weighted by atomic mass is 16.2. The smallest absolute Gasteiger partial charge is 0.255 e. The summed E-state index contributed by atoms with van der Waals surface area (Å²) < 4.78 is 0. The minimum atomic E-state index is -0.565. The topological polar surface area (TPSA) is 103 Å². The second kappa shape index (κ2) is 10.9. The van der Waals surface area contributed by atoms with E-state index in [2.05, 4.69) is 61.4 Å². The lowest BCUT2D eigenvalue weighted by Crippen LogP contribution is -2.47. The third kappa shape index (κ3) is 6.41. The lowest BCUT2D eigenvalue weighted by Gasteiger charge is -2.37. The molecule has 1 aliphatic rings. The van der Waals surface area contributed by atoms with E-state index in [1.165, 1.54) is 11.8 Å². The zero-order valence-corrected chi connectivity index (χ0v) is 22.2. The molecule has 1 fully saturated rings. The lowest BCUT2D eigenvalue weighted by atomic mass is 9.96. The summed E-state index contributed by atoms with van der Waals surface area (Å²) in [5.41, 5.74) is 2.81. The summed E-state index contributed by atoms with van der Waals surface area (Å²) in [5, 5.41) is 5.88. The molecule has 0 atom stereocenters. The molecule has 2 amide bonds. The van der Waals surface area contributed by atoms with E-state index in [1.54, 1.807) is 30.7 Å². The summed E-state index contributed by atoms with van der Waals surface area (Å²) in [6.07, 6.45) is 6.70. The fraction of sp³-hybridized carbons (Fsp3) is 0.393. The van der Waals surface area contributed by atoms with Gasteiger partial charge in [0.15, 0.2) is 0 Å². The van der Waals surface area contributed by atoms with Gasteiger partial charge in [-0.25, -0.2) is 9.97 Å². The van der Waals surface area contributed by atoms with E-state index < -0.39 is 5.41 Å². The number of benzene rings is 1. The van der Waals surface area contributed by atoms with E-state index in [4.69, 9.17) is 0 Å². The average Bonchev–Trinajstić information content (AvgIpc) is 2.89. The van der Waals surface area contributed by atoms with E-state index >= 15 is 0 Å². The van der Waals surface area contributed by atoms with Gasteiger partial charge in [-0.05, 0) is 35.7 Å². The molecule has 0 bridgehead atoms. The van der Waals surface area contributed by atoms with E-state index in [1.807, 2.05) is 26.8 Å². The molecule has 1 saturated heterocycles. The average molecular weight is 502 g/mol. The number of hydrogen-bond acceptors (Lipinski definition) is 7. The van der Waals surface area contributed by atoms with E-state index in [9.17, 15) is 9.59 Å². The van der Waals surface area contributed by atoms with Crippen LogP contribution in [0.15, 0.2) is 55.1 Å². The van der Waals surface area contributed by atoms with Crippen LogP contribution in [0.25, 0.3) is 0 Å². The second-order valence-corrected chi connectivity index (χ2v) is 10.6. The van der Waals surface area contributed by atoms with Crippen molar-refractivity contribution in [1.29, 1.82) is 0 Å². The number of rotatable bonds is 6. The van der Waals surface area contributed by atoms with Crippen molar-refractivity contribution in [2.45, 2.75) is 40.5 Å². The summed E-state index contributed by atoms with van der Waals surface area (Å²) in [4.78, 5) is 42.9. The monoisotopic (exact) mass is 501 g/mol. The highest BCUT2D eigenvalue weighted by Crippen LogP contribution is 2.32. The number of amides is 2. The highest BCUT2D eigenvalue weighted by Gasteiger charge is 2.23. The van der Waals surface area contributed by atoms with Crippen LogP contribution in [0.1, 0.15) is 56.5 Å². The summed E-state index contributed by atoms with van der Waals surface area (Å²) in [7, 11) is 0. The zero-order valence-electron chi connectivity index (χ0n) is 22.2. The van der Waals surface area contributed by atoms with Crippen LogP contribution >= 0.6 is 0 Å². The zero-order chi connectivity index (χ0) is 26.6. The molecule has 1 aromatic carbocycles. The molecule has 9 heteroatoms. The number of hydrogen-bond donors (Lipinski definition) is 2. The molecule has 194 valence electrons. The van der Waals surface area contributed by atoms with E-state index in [-0.39, 0.29) is 11.8 Å². The first kappa shape index (κ1) is 26.1. The van der Waals surface area contributed by atoms with Crippen LogP contribution < -0.4 is 20.4 Å². The largest absolute Gasteiger partial charge is 0.366 e. The number of piperazine rings is 1. The molecule has 0 radical (unpaired) electrons. The van der Waals surface area contributed by atoms with Crippen molar-refractivity contribution in [1.82, 2.24) is 15.0 Å². The number of anilines is 4. The first-order valence-electron chi connectivity index (χ1n) is 12.6. The maximum Gasteiger partial charge on any atom is 0.255 e. The Balaban J connectivity index is 1.52. The Hall–Kier alpha value is -4.01. The number of aromatic nitrogens is 3. The van der Waals surface area contributed by atoms with E-state index in [0.717, 1.165) is 43.4 Å². The minimum absolute atomic E-state index is 0.162. The van der Waals surface area contributed by atoms with Crippen molar-refractivity contribution >= 4 is 34.8 Å². The lowest BCUT2D eigenvalue weighted by molar-refractivity contribution is -0.123. The third-order valence-corrected chi connectivity index (χ3v) is 6.38. The number of carbonyl (C=O) groups excluding carboxylic acids is 2. The van der Waals surface area contributed by atoms with Gasteiger partial charge in [-0.1, -0.05) is 40.7 Å². The molecule has 37 heavy (non-hydrogen) atoms. The van der Waals surface area contributed by atoms with Gasteiger partial charge in [0.05, 0.1) is 17.6 Å². The Morgan fingerprint density at radius 2 is 1.62 bits per heavy atom. The van der Waals surface area contributed by atoms with Gasteiger partial charge in [-0.2, -0.15) is 0 Å². The third-order valence-electron chi connectivity index (χ3n) is 6.38. The summed E-state index contributed by atoms with van der Waals surface area (Å²) in [6.45, 7) is 13.0. The van der Waals surface area contributed by atoms with Gasteiger partial charge >= 0.3 is 0 Å². The Morgan fingerprint density at radius 1 is 0.892 bits per heavy atom. The fourth-order valence-corrected chi connectivity index (χ4v) is 4.04. The Kier molecular flexibility index (Phi) is 7.71. The van der Waals surface area contributed by atoms with Crippen molar-refractivity contribution < 1.29 is 9.59 Å². The predicted octanol–water partition coefficient (Wildman–Crippen LogP) is 4.56. The molecule has 4 rings (SSSR count). The quantitative estimate of drug-likeness (QED) is 0.510. The maximum atomic E-state index is 13.2. The van der Waals surface area contributed by atoms with Gasteiger partial charge in [0, 0.05) is 55.7 Å². The Bertz CT molecular complexity index is 1250. The van der Waals surface area contributed by atoms with Crippen molar-refractivity contribution in [2.75, 3.05) is 46.6 Å². The molecule has 0 aliphatic carbocycles. The van der Waals surface area contributed by atoms with Crippen molar-refractivity contribution in [2.24, 2.45) is 5.41 Å². The highest BCUT2D eigenvalue weighted by molar-refractivity contribution is 6.06. The van der Waals surface area contributed by atoms with Crippen LogP contribution in [0, 0.1) is 5.41 Å². The van der Waals surface area contributed by atoms with Crippen LogP contribution in [0.5, 0.6) is 0 Å². The van der Waals surface area contributed by atoms with Crippen LogP contribution in [0.4, 0.5) is 23.0 Å². The maximum absolute atomic E-state index is 13.2. The Labute approximate surface area is 218 Å². The van der Waals surface area contributed by atoms with Gasteiger partial charge in [0.25, 0.3) is 5.91 Å². The van der Waals surface area contributed by atoms with Gasteiger partial charge in [0.2, 0.25) is 5.91 Å². The van der Waals surface area contributed by atoms with Crippen LogP contribution in [0.2, 0.25) is 0 Å². The van der Waals surface area contributed by atoms with Crippen LogP contribution in [-0.2, 0) is 4.79 Å². The minimum Gasteiger partial charge on any atom is -0.366 e. The van der Waals surface area contributed by atoms with Gasteiger partial charge in [-0.3, -0.25) is 14.6 Å². The molecule has 2 N–H and O–H groups in total. The van der Waals surface area contributed by atoms with Crippen molar-refractivity contribution in [3.63, 3.8) is 0 Å². The SMILES string of the molecule is CC(C)c1ccc(NC(=O)c2ccnc(NC(=O)C(C)(C)C)c2)c(N2CCN(c3cnccn3)CC2)c1. The van der Waals surface area contributed by atoms with E-state index in [0.29, 0.717) is 17.3 Å². The molecule has 9 nitrogen and oxygen atoms in total. The molecule has 3 heterocycles. The molecule has 1 aliphatic heterocycles. The molecule has 2 aromatic heterocycles. The fourth-order valence-electron chi connectivity index (χ4n) is 4.04. The van der Waals surface area contributed by atoms with Crippen molar-refractivity contribution in [3.8, 4) is 0 Å². The number of carbonyl (C=O) groups is 2. The summed E-state index contributed by atoms with van der Waals surface area (Å²) in [5.74, 6) is 1.16. The standard InChI is InChI=1S/C28H35N7O2/c1-19(2)20-6-7-22(23(16-20)34-12-14-35(15-13-34)25-18-29-10-11-31-25)32-26(36)21-8-9-30-24(17-21)33-27(37)28(3,4)5/h6-11,16-19H,12-15H2,1-5H3,(H,32,36)(H,30,33,37). The van der Waals surface area contributed by atoms with Crippen molar-refractivity contribution in [3.05, 3.63) is 66.2 Å².